The number of ether oxygens (including phenoxy) is 1. The third-order valence-corrected chi connectivity index (χ3v) is 3.36. The van der Waals surface area contributed by atoms with E-state index in [9.17, 15) is 4.39 Å². The van der Waals surface area contributed by atoms with Crippen LogP contribution in [0.2, 0.25) is 0 Å². The van der Waals surface area contributed by atoms with Crippen LogP contribution in [0.4, 0.5) is 4.39 Å². The largest absolute Gasteiger partial charge is 0.489 e. The molecule has 1 aromatic heterocycles. The fourth-order valence-electron chi connectivity index (χ4n) is 2.11. The van der Waals surface area contributed by atoms with Crippen molar-refractivity contribution >= 4 is 29.9 Å². The van der Waals surface area contributed by atoms with Gasteiger partial charge in [0.05, 0.1) is 18.8 Å². The van der Waals surface area contributed by atoms with Crippen LogP contribution in [0.1, 0.15) is 19.5 Å². The second-order valence-electron chi connectivity index (χ2n) is 5.41. The highest BCUT2D eigenvalue weighted by Gasteiger charge is 2.07. The molecule has 6 nitrogen and oxygen atoms in total. The molecule has 138 valence electrons. The van der Waals surface area contributed by atoms with Gasteiger partial charge in [0.15, 0.2) is 5.96 Å². The number of aliphatic imine (C=N–C) groups is 1. The Hall–Kier alpha value is -1.84. The molecule has 0 saturated heterocycles. The highest BCUT2D eigenvalue weighted by molar-refractivity contribution is 14.0. The van der Waals surface area contributed by atoms with Crippen molar-refractivity contribution in [3.05, 3.63) is 48.0 Å². The van der Waals surface area contributed by atoms with Crippen LogP contribution in [0.5, 0.6) is 5.75 Å². The number of rotatable bonds is 7. The lowest BCUT2D eigenvalue weighted by Crippen LogP contribution is -2.41. The molecule has 0 amide bonds. The van der Waals surface area contributed by atoms with E-state index in [1.807, 2.05) is 27.0 Å². The third kappa shape index (κ3) is 7.29. The van der Waals surface area contributed by atoms with Crippen LogP contribution in [-0.4, -0.2) is 34.9 Å². The van der Waals surface area contributed by atoms with Gasteiger partial charge in [-0.25, -0.2) is 9.38 Å². The Morgan fingerprint density at radius 2 is 2.16 bits per heavy atom. The lowest BCUT2D eigenvalue weighted by molar-refractivity contribution is 0.223. The van der Waals surface area contributed by atoms with E-state index in [-0.39, 0.29) is 35.9 Å². The van der Waals surface area contributed by atoms with Crippen LogP contribution < -0.4 is 15.4 Å². The minimum absolute atomic E-state index is 0. The van der Waals surface area contributed by atoms with Gasteiger partial charge in [0, 0.05) is 25.9 Å². The van der Waals surface area contributed by atoms with Crippen LogP contribution in [0.25, 0.3) is 0 Å². The topological polar surface area (TPSA) is 63.5 Å². The molecule has 0 aliphatic carbocycles. The van der Waals surface area contributed by atoms with Crippen molar-refractivity contribution in [2.75, 3.05) is 13.1 Å². The molecule has 0 spiro atoms. The molecule has 2 N–H and O–H groups in total. The zero-order valence-electron chi connectivity index (χ0n) is 14.7. The van der Waals surface area contributed by atoms with Crippen LogP contribution in [0, 0.1) is 5.82 Å². The number of nitrogens with one attached hydrogen (secondary N) is 2. The highest BCUT2D eigenvalue weighted by atomic mass is 127. The van der Waals surface area contributed by atoms with E-state index in [0.29, 0.717) is 24.8 Å². The minimum Gasteiger partial charge on any atom is -0.489 e. The summed E-state index contributed by atoms with van der Waals surface area (Å²) in [6.45, 7) is 5.77. The average molecular weight is 461 g/mol. The lowest BCUT2D eigenvalue weighted by atomic mass is 10.3. The van der Waals surface area contributed by atoms with Crippen LogP contribution >= 0.6 is 24.0 Å². The van der Waals surface area contributed by atoms with Gasteiger partial charge in [0.25, 0.3) is 0 Å². The van der Waals surface area contributed by atoms with Gasteiger partial charge in [-0.1, -0.05) is 6.07 Å². The minimum atomic E-state index is -0.307. The van der Waals surface area contributed by atoms with E-state index in [4.69, 9.17) is 4.74 Å². The Kier molecular flexibility index (Phi) is 9.25. The first kappa shape index (κ1) is 21.2. The molecule has 1 aromatic carbocycles. The van der Waals surface area contributed by atoms with Crippen LogP contribution in [0.15, 0.2) is 41.5 Å². The molecule has 0 saturated carbocycles. The van der Waals surface area contributed by atoms with Crippen molar-refractivity contribution in [2.24, 2.45) is 12.0 Å². The molecule has 0 aliphatic heterocycles. The van der Waals surface area contributed by atoms with Gasteiger partial charge in [0.2, 0.25) is 0 Å². The maximum atomic E-state index is 13.2. The summed E-state index contributed by atoms with van der Waals surface area (Å²) in [5.74, 6) is 0.910. The Morgan fingerprint density at radius 3 is 2.80 bits per heavy atom. The summed E-state index contributed by atoms with van der Waals surface area (Å²) < 4.78 is 20.7. The van der Waals surface area contributed by atoms with Crippen LogP contribution in [-0.2, 0) is 13.6 Å². The van der Waals surface area contributed by atoms with E-state index in [2.05, 4.69) is 20.7 Å². The summed E-state index contributed by atoms with van der Waals surface area (Å²) in [5, 5.41) is 10.5. The predicted molar refractivity (Wildman–Crippen MR) is 108 cm³/mol. The van der Waals surface area contributed by atoms with Crippen molar-refractivity contribution in [3.63, 3.8) is 0 Å². The SMILES string of the molecule is CCNC(=NCc1ccnn1C)NCC(C)Oc1cccc(F)c1.I. The first-order valence-electron chi connectivity index (χ1n) is 7.99. The van der Waals surface area contributed by atoms with Gasteiger partial charge in [-0.05, 0) is 32.0 Å². The molecule has 2 aromatic rings. The molecule has 0 bridgehead atoms. The Bertz CT molecular complexity index is 677. The Labute approximate surface area is 164 Å². The highest BCUT2D eigenvalue weighted by Crippen LogP contribution is 2.13. The van der Waals surface area contributed by atoms with Gasteiger partial charge in [0.1, 0.15) is 17.7 Å². The number of benzene rings is 1. The number of guanidine groups is 1. The predicted octanol–water partition coefficient (Wildman–Crippen LogP) is 2.70. The van der Waals surface area contributed by atoms with Gasteiger partial charge >= 0.3 is 0 Å². The molecule has 25 heavy (non-hydrogen) atoms. The summed E-state index contributed by atoms with van der Waals surface area (Å²) in [6.07, 6.45) is 1.62. The first-order chi connectivity index (χ1) is 11.6. The number of hydrogen-bond donors (Lipinski definition) is 2. The fraction of sp³-hybridized carbons (Fsp3) is 0.412. The van der Waals surface area contributed by atoms with Gasteiger partial charge in [-0.15, -0.1) is 24.0 Å². The van der Waals surface area contributed by atoms with E-state index in [1.54, 1.807) is 23.0 Å². The zero-order chi connectivity index (χ0) is 17.4. The molecule has 1 heterocycles. The summed E-state index contributed by atoms with van der Waals surface area (Å²) in [5.41, 5.74) is 1.02. The summed E-state index contributed by atoms with van der Waals surface area (Å²) >= 11 is 0. The van der Waals surface area contributed by atoms with Crippen molar-refractivity contribution in [1.29, 1.82) is 0 Å². The van der Waals surface area contributed by atoms with Gasteiger partial charge in [-0.2, -0.15) is 5.10 Å². The number of nitrogens with zero attached hydrogens (tertiary/aromatic N) is 3. The Balaban J connectivity index is 0.00000312. The van der Waals surface area contributed by atoms with E-state index in [0.717, 1.165) is 12.2 Å². The Morgan fingerprint density at radius 1 is 1.36 bits per heavy atom. The van der Waals surface area contributed by atoms with Gasteiger partial charge < -0.3 is 15.4 Å². The number of aromatic nitrogens is 2. The normalized spacial score (nSPS) is 12.2. The van der Waals surface area contributed by atoms with Gasteiger partial charge in [-0.3, -0.25) is 4.68 Å². The van der Waals surface area contributed by atoms with E-state index >= 15 is 0 Å². The molecular weight excluding hydrogens is 436 g/mol. The van der Waals surface area contributed by atoms with Crippen molar-refractivity contribution in [2.45, 2.75) is 26.5 Å². The number of halogens is 2. The van der Waals surface area contributed by atoms with E-state index < -0.39 is 0 Å². The quantitative estimate of drug-likeness (QED) is 0.378. The lowest BCUT2D eigenvalue weighted by Gasteiger charge is -2.17. The first-order valence-corrected chi connectivity index (χ1v) is 7.99. The smallest absolute Gasteiger partial charge is 0.191 e. The number of aryl methyl sites for hydroxylation is 1. The molecule has 0 fully saturated rings. The molecule has 0 radical (unpaired) electrons. The average Bonchev–Trinajstić information content (AvgIpc) is 2.95. The molecule has 1 unspecified atom stereocenters. The maximum absolute atomic E-state index is 13.2. The molecule has 8 heteroatoms. The van der Waals surface area contributed by atoms with Crippen molar-refractivity contribution in [1.82, 2.24) is 20.4 Å². The monoisotopic (exact) mass is 461 g/mol. The fourth-order valence-corrected chi connectivity index (χ4v) is 2.11. The second-order valence-corrected chi connectivity index (χ2v) is 5.41. The third-order valence-electron chi connectivity index (χ3n) is 3.36. The summed E-state index contributed by atoms with van der Waals surface area (Å²) in [6, 6.07) is 8.07. The van der Waals surface area contributed by atoms with E-state index in [1.165, 1.54) is 12.1 Å². The zero-order valence-corrected chi connectivity index (χ0v) is 17.0. The van der Waals surface area contributed by atoms with Crippen molar-refractivity contribution in [3.8, 4) is 5.75 Å². The standard InChI is InChI=1S/C17H24FN5O.HI/c1-4-19-17(21-12-15-8-9-22-23(15)3)20-11-13(2)24-16-7-5-6-14(18)10-16;/h5-10,13H,4,11-12H2,1-3H3,(H2,19,20,21);1H. The molecule has 0 aliphatic rings. The molecule has 1 atom stereocenters. The second kappa shape index (κ2) is 10.9. The summed E-state index contributed by atoms with van der Waals surface area (Å²) in [7, 11) is 1.89. The molecule has 2 rings (SSSR count). The van der Waals surface area contributed by atoms with Crippen LogP contribution in [0.3, 0.4) is 0 Å². The number of hydrogen-bond acceptors (Lipinski definition) is 3. The summed E-state index contributed by atoms with van der Waals surface area (Å²) in [4.78, 5) is 4.53. The van der Waals surface area contributed by atoms with Crippen molar-refractivity contribution < 1.29 is 9.13 Å². The maximum Gasteiger partial charge on any atom is 0.191 e. The molecular formula is C17H25FIN5O.